The second-order valence-corrected chi connectivity index (χ2v) is 6.96. The highest BCUT2D eigenvalue weighted by Gasteiger charge is 2.21. The van der Waals surface area contributed by atoms with E-state index in [0.29, 0.717) is 41.0 Å². The first-order valence-corrected chi connectivity index (χ1v) is 9.54. The molecule has 0 aliphatic heterocycles. The number of nitrogens with zero attached hydrogens (tertiary/aromatic N) is 6. The van der Waals surface area contributed by atoms with Gasteiger partial charge in [0, 0.05) is 20.6 Å². The smallest absolute Gasteiger partial charge is 0.304 e. The number of para-hydroxylation sites is 1. The summed E-state index contributed by atoms with van der Waals surface area (Å²) in [6.07, 6.45) is 0. The van der Waals surface area contributed by atoms with Crippen molar-refractivity contribution in [2.24, 2.45) is 5.73 Å². The van der Waals surface area contributed by atoms with Crippen molar-refractivity contribution in [3.8, 4) is 12.0 Å². The van der Waals surface area contributed by atoms with E-state index in [9.17, 15) is 4.79 Å². The molecule has 10 heteroatoms. The number of methoxy groups -OCH3 is 1. The highest BCUT2D eigenvalue weighted by Crippen LogP contribution is 2.27. The zero-order valence-corrected chi connectivity index (χ0v) is 17.4. The van der Waals surface area contributed by atoms with E-state index in [0.717, 1.165) is 5.56 Å². The van der Waals surface area contributed by atoms with Gasteiger partial charge >= 0.3 is 6.01 Å². The average Bonchev–Trinajstić information content (AvgIpc) is 3.16. The summed E-state index contributed by atoms with van der Waals surface area (Å²) in [5.41, 5.74) is 7.91. The van der Waals surface area contributed by atoms with E-state index in [4.69, 9.17) is 10.5 Å². The van der Waals surface area contributed by atoms with Gasteiger partial charge in [-0.2, -0.15) is 19.9 Å². The summed E-state index contributed by atoms with van der Waals surface area (Å²) in [5.74, 6) is 0.575. The van der Waals surface area contributed by atoms with Gasteiger partial charge in [-0.3, -0.25) is 4.79 Å². The van der Waals surface area contributed by atoms with Crippen molar-refractivity contribution in [3.05, 3.63) is 59.7 Å². The van der Waals surface area contributed by atoms with Crippen molar-refractivity contribution in [1.82, 2.24) is 24.5 Å². The fourth-order valence-electron chi connectivity index (χ4n) is 3.12. The standard InChI is InChI=1S/C21H22N8O2/c1-28(2)19-25-18(23-12-13-8-5-4-6-9-13)26-20(27-19)29-15-11-7-10-14(17(22)30)16(15)24-21(29)31-3/h4-11H,12H2,1-3H3,(H2,22,30)(H,23,25,26,27). The molecule has 4 rings (SSSR count). The minimum atomic E-state index is -0.576. The molecule has 2 heterocycles. The lowest BCUT2D eigenvalue weighted by Crippen LogP contribution is -2.17. The Morgan fingerprint density at radius 2 is 1.84 bits per heavy atom. The molecular weight excluding hydrogens is 396 g/mol. The van der Waals surface area contributed by atoms with Crippen LogP contribution in [0.5, 0.6) is 6.01 Å². The predicted molar refractivity (Wildman–Crippen MR) is 118 cm³/mol. The van der Waals surface area contributed by atoms with Crippen LogP contribution in [0.1, 0.15) is 15.9 Å². The Labute approximate surface area is 178 Å². The molecule has 4 aromatic rings. The Balaban J connectivity index is 1.83. The molecule has 1 amide bonds. The van der Waals surface area contributed by atoms with Gasteiger partial charge in [0.05, 0.1) is 18.2 Å². The Bertz CT molecular complexity index is 1240. The van der Waals surface area contributed by atoms with Crippen LogP contribution in [0.2, 0.25) is 0 Å². The number of amides is 1. The number of rotatable bonds is 7. The second-order valence-electron chi connectivity index (χ2n) is 6.96. The van der Waals surface area contributed by atoms with E-state index < -0.39 is 5.91 Å². The molecule has 0 saturated heterocycles. The number of benzene rings is 2. The number of anilines is 2. The average molecular weight is 418 g/mol. The molecule has 3 N–H and O–H groups in total. The zero-order chi connectivity index (χ0) is 22.0. The number of aromatic nitrogens is 5. The lowest BCUT2D eigenvalue weighted by Gasteiger charge is -2.15. The molecule has 0 radical (unpaired) electrons. The van der Waals surface area contributed by atoms with Gasteiger partial charge in [-0.05, 0) is 17.7 Å². The summed E-state index contributed by atoms with van der Waals surface area (Å²) in [5, 5.41) is 3.24. The molecule has 10 nitrogen and oxygen atoms in total. The van der Waals surface area contributed by atoms with Gasteiger partial charge in [0.2, 0.25) is 17.8 Å². The summed E-state index contributed by atoms with van der Waals surface area (Å²) >= 11 is 0. The van der Waals surface area contributed by atoms with Gasteiger partial charge in [-0.25, -0.2) is 4.57 Å². The number of hydrogen-bond acceptors (Lipinski definition) is 8. The number of hydrogen-bond donors (Lipinski definition) is 2. The van der Waals surface area contributed by atoms with Crippen LogP contribution >= 0.6 is 0 Å². The summed E-state index contributed by atoms with van der Waals surface area (Å²) in [6.45, 7) is 0.546. The first-order chi connectivity index (χ1) is 15.0. The molecule has 0 spiro atoms. The second kappa shape index (κ2) is 8.27. The van der Waals surface area contributed by atoms with Crippen LogP contribution in [0.4, 0.5) is 11.9 Å². The first kappa shape index (κ1) is 20.1. The summed E-state index contributed by atoms with van der Waals surface area (Å²) in [4.78, 5) is 31.7. The number of carbonyl (C=O) groups is 1. The number of imidazole rings is 1. The normalized spacial score (nSPS) is 10.8. The minimum Gasteiger partial charge on any atom is -0.468 e. The van der Waals surface area contributed by atoms with Crippen LogP contribution < -0.4 is 20.7 Å². The van der Waals surface area contributed by atoms with Crippen molar-refractivity contribution in [3.63, 3.8) is 0 Å². The molecular formula is C21H22N8O2. The van der Waals surface area contributed by atoms with E-state index in [-0.39, 0.29) is 6.01 Å². The number of carbonyl (C=O) groups excluding carboxylic acids is 1. The predicted octanol–water partition coefficient (Wildman–Crippen LogP) is 2.00. The molecule has 31 heavy (non-hydrogen) atoms. The van der Waals surface area contributed by atoms with Crippen molar-refractivity contribution >= 4 is 28.8 Å². The highest BCUT2D eigenvalue weighted by atomic mass is 16.5. The molecule has 0 saturated carbocycles. The van der Waals surface area contributed by atoms with Gasteiger partial charge < -0.3 is 20.7 Å². The molecule has 2 aromatic heterocycles. The van der Waals surface area contributed by atoms with E-state index in [1.54, 1.807) is 27.7 Å². The van der Waals surface area contributed by atoms with Crippen molar-refractivity contribution < 1.29 is 9.53 Å². The number of nitrogens with one attached hydrogen (secondary N) is 1. The Morgan fingerprint density at radius 1 is 1.06 bits per heavy atom. The lowest BCUT2D eigenvalue weighted by molar-refractivity contribution is 0.100. The van der Waals surface area contributed by atoms with Crippen molar-refractivity contribution in [1.29, 1.82) is 0 Å². The molecule has 0 aliphatic rings. The van der Waals surface area contributed by atoms with Gasteiger partial charge in [0.1, 0.15) is 5.52 Å². The minimum absolute atomic E-state index is 0.230. The first-order valence-electron chi connectivity index (χ1n) is 9.54. The maximum atomic E-state index is 11.9. The van der Waals surface area contributed by atoms with Gasteiger partial charge in [-0.1, -0.05) is 36.4 Å². The Morgan fingerprint density at radius 3 is 2.52 bits per heavy atom. The maximum Gasteiger partial charge on any atom is 0.304 e. The molecule has 2 aromatic carbocycles. The quantitative estimate of drug-likeness (QED) is 0.467. The third-order valence-electron chi connectivity index (χ3n) is 4.61. The third kappa shape index (κ3) is 3.95. The Hall–Kier alpha value is -4.21. The highest BCUT2D eigenvalue weighted by molar-refractivity contribution is 6.04. The topological polar surface area (TPSA) is 124 Å². The van der Waals surface area contributed by atoms with Crippen LogP contribution in [0.3, 0.4) is 0 Å². The summed E-state index contributed by atoms with van der Waals surface area (Å²) < 4.78 is 7.08. The fraction of sp³-hybridized carbons (Fsp3) is 0.190. The zero-order valence-electron chi connectivity index (χ0n) is 17.4. The molecule has 0 aliphatic carbocycles. The van der Waals surface area contributed by atoms with Crippen LogP contribution in [0, 0.1) is 0 Å². The van der Waals surface area contributed by atoms with E-state index in [1.807, 2.05) is 44.4 Å². The van der Waals surface area contributed by atoms with E-state index in [1.165, 1.54) is 7.11 Å². The van der Waals surface area contributed by atoms with Gasteiger partial charge in [0.25, 0.3) is 5.91 Å². The number of primary amides is 1. The molecule has 0 bridgehead atoms. The number of nitrogens with two attached hydrogens (primary N) is 1. The third-order valence-corrected chi connectivity index (χ3v) is 4.61. The molecule has 0 fully saturated rings. The number of ether oxygens (including phenoxy) is 1. The van der Waals surface area contributed by atoms with Crippen LogP contribution in [0.15, 0.2) is 48.5 Å². The summed E-state index contributed by atoms with van der Waals surface area (Å²) in [7, 11) is 5.17. The van der Waals surface area contributed by atoms with Gasteiger partial charge in [0.15, 0.2) is 0 Å². The lowest BCUT2D eigenvalue weighted by atomic mass is 10.2. The summed E-state index contributed by atoms with van der Waals surface area (Å²) in [6, 6.07) is 15.3. The fourth-order valence-corrected chi connectivity index (χ4v) is 3.12. The Kier molecular flexibility index (Phi) is 5.35. The van der Waals surface area contributed by atoms with Crippen molar-refractivity contribution in [2.75, 3.05) is 31.4 Å². The number of fused-ring (bicyclic) bond motifs is 1. The molecule has 0 unspecified atom stereocenters. The van der Waals surface area contributed by atoms with Crippen LogP contribution in [-0.4, -0.2) is 51.6 Å². The largest absolute Gasteiger partial charge is 0.468 e. The molecule has 0 atom stereocenters. The van der Waals surface area contributed by atoms with Crippen molar-refractivity contribution in [2.45, 2.75) is 6.54 Å². The molecule has 158 valence electrons. The van der Waals surface area contributed by atoms with Gasteiger partial charge in [-0.15, -0.1) is 0 Å². The SMILES string of the molecule is COc1nc2c(C(N)=O)cccc2n1-c1nc(NCc2ccccc2)nc(N(C)C)n1. The monoisotopic (exact) mass is 418 g/mol. The van der Waals surface area contributed by atoms with E-state index >= 15 is 0 Å². The van der Waals surface area contributed by atoms with Crippen LogP contribution in [-0.2, 0) is 6.54 Å². The maximum absolute atomic E-state index is 11.9. The van der Waals surface area contributed by atoms with E-state index in [2.05, 4.69) is 25.3 Å². The van der Waals surface area contributed by atoms with Crippen LogP contribution in [0.25, 0.3) is 17.0 Å².